The molecule has 0 amide bonds. The number of halogens is 2. The highest BCUT2D eigenvalue weighted by Gasteiger charge is 2.37. The van der Waals surface area contributed by atoms with Gasteiger partial charge < -0.3 is 5.32 Å². The average Bonchev–Trinajstić information content (AvgIpc) is 2.43. The Morgan fingerprint density at radius 1 is 1.40 bits per heavy atom. The van der Waals surface area contributed by atoms with E-state index in [-0.39, 0.29) is 23.7 Å². The van der Waals surface area contributed by atoms with E-state index in [1.807, 2.05) is 13.8 Å². The van der Waals surface area contributed by atoms with Gasteiger partial charge in [0.15, 0.2) is 0 Å². The highest BCUT2D eigenvalue weighted by atomic mass is 19.1. The summed E-state index contributed by atoms with van der Waals surface area (Å²) in [4.78, 5) is 12.5. The van der Waals surface area contributed by atoms with Crippen LogP contribution < -0.4 is 5.32 Å². The van der Waals surface area contributed by atoms with E-state index in [1.165, 1.54) is 0 Å². The van der Waals surface area contributed by atoms with Crippen LogP contribution in [0.1, 0.15) is 32.3 Å². The molecule has 1 saturated heterocycles. The van der Waals surface area contributed by atoms with Crippen molar-refractivity contribution in [2.75, 3.05) is 13.1 Å². The lowest BCUT2D eigenvalue weighted by Gasteiger charge is -2.36. The molecule has 1 N–H and O–H groups in total. The van der Waals surface area contributed by atoms with Gasteiger partial charge in [0.1, 0.15) is 17.4 Å². The van der Waals surface area contributed by atoms with Gasteiger partial charge in [-0.05, 0) is 55.6 Å². The van der Waals surface area contributed by atoms with Crippen molar-refractivity contribution in [1.82, 2.24) is 5.32 Å². The Bertz CT molecular complexity index is 493. The number of ketones is 1. The van der Waals surface area contributed by atoms with E-state index in [1.54, 1.807) is 0 Å². The van der Waals surface area contributed by atoms with Crippen LogP contribution in [0.5, 0.6) is 0 Å². The number of Topliss-reactive ketones (excluding diaryl/α,β-unsaturated/α-hetero) is 1. The van der Waals surface area contributed by atoms with Crippen LogP contribution in [0.4, 0.5) is 8.78 Å². The minimum atomic E-state index is -0.522. The van der Waals surface area contributed by atoms with Gasteiger partial charge in [-0.1, -0.05) is 13.8 Å². The normalized spacial score (nSPS) is 19.9. The number of nitrogens with one attached hydrogen (secondary N) is 1. The zero-order valence-corrected chi connectivity index (χ0v) is 12.0. The fraction of sp³-hybridized carbons (Fsp3) is 0.562. The molecule has 1 unspecified atom stereocenters. The van der Waals surface area contributed by atoms with Crippen molar-refractivity contribution in [3.8, 4) is 0 Å². The third kappa shape index (κ3) is 3.23. The van der Waals surface area contributed by atoms with Crippen molar-refractivity contribution >= 4 is 5.78 Å². The SMILES string of the molecule is CC(C)(C(=O)Cc1cc(F)ccc1F)C1CCCNC1. The molecule has 1 aliphatic rings. The van der Waals surface area contributed by atoms with Gasteiger partial charge in [-0.15, -0.1) is 0 Å². The van der Waals surface area contributed by atoms with Gasteiger partial charge in [-0.3, -0.25) is 4.79 Å². The maximum absolute atomic E-state index is 13.6. The zero-order chi connectivity index (χ0) is 14.8. The molecule has 110 valence electrons. The third-order valence-electron chi connectivity index (χ3n) is 4.39. The molecule has 20 heavy (non-hydrogen) atoms. The standard InChI is InChI=1S/C16H21F2NO/c1-16(2,12-4-3-7-19-10-12)15(20)9-11-8-13(17)5-6-14(11)18/h5-6,8,12,19H,3-4,7,9-10H2,1-2H3. The summed E-state index contributed by atoms with van der Waals surface area (Å²) in [6.07, 6.45) is 2.00. The highest BCUT2D eigenvalue weighted by molar-refractivity contribution is 5.86. The minimum Gasteiger partial charge on any atom is -0.316 e. The predicted octanol–water partition coefficient (Wildman–Crippen LogP) is 3.10. The Labute approximate surface area is 118 Å². The van der Waals surface area contributed by atoms with Crippen LogP contribution in [0.3, 0.4) is 0 Å². The largest absolute Gasteiger partial charge is 0.316 e. The van der Waals surface area contributed by atoms with Gasteiger partial charge in [-0.2, -0.15) is 0 Å². The molecule has 0 aromatic heterocycles. The Morgan fingerprint density at radius 2 is 2.15 bits per heavy atom. The van der Waals surface area contributed by atoms with Gasteiger partial charge in [0.2, 0.25) is 0 Å². The molecule has 1 aromatic rings. The molecular formula is C16H21F2NO. The molecule has 2 nitrogen and oxygen atoms in total. The summed E-state index contributed by atoms with van der Waals surface area (Å²) in [5, 5.41) is 3.29. The highest BCUT2D eigenvalue weighted by Crippen LogP contribution is 2.34. The van der Waals surface area contributed by atoms with Crippen LogP contribution in [-0.2, 0) is 11.2 Å². The molecule has 0 radical (unpaired) electrons. The lowest BCUT2D eigenvalue weighted by molar-refractivity contribution is -0.129. The summed E-state index contributed by atoms with van der Waals surface area (Å²) in [6.45, 7) is 5.61. The summed E-state index contributed by atoms with van der Waals surface area (Å²) in [7, 11) is 0. The quantitative estimate of drug-likeness (QED) is 0.919. The van der Waals surface area contributed by atoms with Gasteiger partial charge in [0.05, 0.1) is 0 Å². The molecule has 4 heteroatoms. The number of hydrogen-bond donors (Lipinski definition) is 1. The lowest BCUT2D eigenvalue weighted by Crippen LogP contribution is -2.43. The fourth-order valence-corrected chi connectivity index (χ4v) is 2.78. The van der Waals surface area contributed by atoms with Crippen molar-refractivity contribution < 1.29 is 13.6 Å². The van der Waals surface area contributed by atoms with Gasteiger partial charge in [0, 0.05) is 11.8 Å². The van der Waals surface area contributed by atoms with Crippen LogP contribution in [-0.4, -0.2) is 18.9 Å². The summed E-state index contributed by atoms with van der Waals surface area (Å²) < 4.78 is 26.8. The van der Waals surface area contributed by atoms with Crippen molar-refractivity contribution in [3.63, 3.8) is 0 Å². The van der Waals surface area contributed by atoms with E-state index in [0.29, 0.717) is 0 Å². The number of piperidine rings is 1. The molecule has 0 saturated carbocycles. The molecule has 0 spiro atoms. The Hall–Kier alpha value is -1.29. The summed E-state index contributed by atoms with van der Waals surface area (Å²) in [5.74, 6) is -0.806. The van der Waals surface area contributed by atoms with E-state index in [4.69, 9.17) is 0 Å². The van der Waals surface area contributed by atoms with Gasteiger partial charge in [-0.25, -0.2) is 8.78 Å². The maximum Gasteiger partial charge on any atom is 0.143 e. The average molecular weight is 281 g/mol. The summed E-state index contributed by atoms with van der Waals surface area (Å²) >= 11 is 0. The van der Waals surface area contributed by atoms with Crippen molar-refractivity contribution in [1.29, 1.82) is 0 Å². The van der Waals surface area contributed by atoms with E-state index >= 15 is 0 Å². The van der Waals surface area contributed by atoms with E-state index in [2.05, 4.69) is 5.32 Å². The first-order chi connectivity index (χ1) is 9.41. The number of benzene rings is 1. The van der Waals surface area contributed by atoms with Crippen molar-refractivity contribution in [2.45, 2.75) is 33.1 Å². The topological polar surface area (TPSA) is 29.1 Å². The maximum atomic E-state index is 13.6. The molecule has 1 heterocycles. The van der Waals surface area contributed by atoms with Crippen LogP contribution in [0.15, 0.2) is 18.2 Å². The summed E-state index contributed by atoms with van der Waals surface area (Å²) in [5.41, 5.74) is -0.376. The fourth-order valence-electron chi connectivity index (χ4n) is 2.78. The lowest BCUT2D eigenvalue weighted by atomic mass is 9.71. The van der Waals surface area contributed by atoms with Gasteiger partial charge >= 0.3 is 0 Å². The number of carbonyl (C=O) groups excluding carboxylic acids is 1. The molecule has 1 aliphatic heterocycles. The number of hydrogen-bond acceptors (Lipinski definition) is 2. The first-order valence-electron chi connectivity index (χ1n) is 7.09. The predicted molar refractivity (Wildman–Crippen MR) is 74.4 cm³/mol. The molecule has 0 aliphatic carbocycles. The van der Waals surface area contributed by atoms with Gasteiger partial charge in [0.25, 0.3) is 0 Å². The van der Waals surface area contributed by atoms with Crippen LogP contribution >= 0.6 is 0 Å². The van der Waals surface area contributed by atoms with Crippen molar-refractivity contribution in [2.24, 2.45) is 11.3 Å². The van der Waals surface area contributed by atoms with Crippen LogP contribution in [0, 0.1) is 23.0 Å². The van der Waals surface area contributed by atoms with E-state index in [0.717, 1.165) is 44.1 Å². The molecule has 2 rings (SSSR count). The first kappa shape index (κ1) is 15.1. The van der Waals surface area contributed by atoms with Crippen molar-refractivity contribution in [3.05, 3.63) is 35.4 Å². The second kappa shape index (κ2) is 6.00. The summed E-state index contributed by atoms with van der Waals surface area (Å²) in [6, 6.07) is 3.26. The minimum absolute atomic E-state index is 0.0318. The monoisotopic (exact) mass is 281 g/mol. The Morgan fingerprint density at radius 3 is 2.80 bits per heavy atom. The van der Waals surface area contributed by atoms with E-state index in [9.17, 15) is 13.6 Å². The molecule has 1 fully saturated rings. The zero-order valence-electron chi connectivity index (χ0n) is 12.0. The first-order valence-corrected chi connectivity index (χ1v) is 7.09. The Balaban J connectivity index is 2.11. The molecule has 0 bridgehead atoms. The second-order valence-electron chi connectivity index (χ2n) is 6.10. The van der Waals surface area contributed by atoms with Crippen LogP contribution in [0.25, 0.3) is 0 Å². The molecular weight excluding hydrogens is 260 g/mol. The smallest absolute Gasteiger partial charge is 0.143 e. The van der Waals surface area contributed by atoms with E-state index < -0.39 is 17.0 Å². The third-order valence-corrected chi connectivity index (χ3v) is 4.39. The molecule has 1 atom stereocenters. The second-order valence-corrected chi connectivity index (χ2v) is 6.10. The Kier molecular flexibility index (Phi) is 4.53. The number of rotatable bonds is 4. The van der Waals surface area contributed by atoms with Crippen LogP contribution in [0.2, 0.25) is 0 Å². The molecule has 1 aromatic carbocycles. The number of carbonyl (C=O) groups is 1.